The van der Waals surface area contributed by atoms with Gasteiger partial charge in [-0.3, -0.25) is 4.99 Å². The van der Waals surface area contributed by atoms with E-state index in [-0.39, 0.29) is 0 Å². The largest absolute Gasteiger partial charge is 0.497 e. The van der Waals surface area contributed by atoms with Crippen molar-refractivity contribution < 1.29 is 9.47 Å². The minimum atomic E-state index is 0.367. The van der Waals surface area contributed by atoms with Gasteiger partial charge in [-0.2, -0.15) is 0 Å². The van der Waals surface area contributed by atoms with E-state index in [1.807, 2.05) is 54.7 Å². The Morgan fingerprint density at radius 2 is 1.64 bits per heavy atom. The predicted molar refractivity (Wildman–Crippen MR) is 91.1 cm³/mol. The van der Waals surface area contributed by atoms with Gasteiger partial charge < -0.3 is 9.47 Å². The molecule has 0 saturated carbocycles. The van der Waals surface area contributed by atoms with Crippen LogP contribution in [0.1, 0.15) is 31.4 Å². The molecule has 2 rings (SSSR count). The highest BCUT2D eigenvalue weighted by Crippen LogP contribution is 2.16. The maximum absolute atomic E-state index is 5.78. The average molecular weight is 297 g/mol. The van der Waals surface area contributed by atoms with E-state index in [0.29, 0.717) is 12.6 Å². The molecule has 0 aliphatic carbocycles. The van der Waals surface area contributed by atoms with Gasteiger partial charge in [-0.05, 0) is 60.9 Å². The highest BCUT2D eigenvalue weighted by Gasteiger charge is 1.98. The summed E-state index contributed by atoms with van der Waals surface area (Å²) in [6.07, 6.45) is 2.97. The summed E-state index contributed by atoms with van der Waals surface area (Å²) in [5, 5.41) is 0. The molecule has 3 nitrogen and oxygen atoms in total. The number of nitrogens with zero attached hydrogens (tertiary/aromatic N) is 1. The molecule has 2 aromatic rings. The third-order valence-corrected chi connectivity index (χ3v) is 3.51. The van der Waals surface area contributed by atoms with E-state index in [4.69, 9.17) is 9.47 Å². The Kier molecular flexibility index (Phi) is 6.01. The monoisotopic (exact) mass is 297 g/mol. The van der Waals surface area contributed by atoms with Crippen LogP contribution in [-0.2, 0) is 6.61 Å². The van der Waals surface area contributed by atoms with Gasteiger partial charge in [-0.25, -0.2) is 0 Å². The zero-order valence-electron chi connectivity index (χ0n) is 13.5. The molecule has 3 heteroatoms. The molecule has 0 N–H and O–H groups in total. The van der Waals surface area contributed by atoms with Crippen LogP contribution >= 0.6 is 0 Å². The van der Waals surface area contributed by atoms with Gasteiger partial charge in [0, 0.05) is 12.3 Å². The van der Waals surface area contributed by atoms with E-state index < -0.39 is 0 Å². The second-order valence-electron chi connectivity index (χ2n) is 5.24. The number of aliphatic imine (C=N–C) groups is 1. The maximum atomic E-state index is 5.78. The van der Waals surface area contributed by atoms with Crippen LogP contribution in [0.15, 0.2) is 53.5 Å². The van der Waals surface area contributed by atoms with Gasteiger partial charge in [0.25, 0.3) is 0 Å². The molecule has 0 fully saturated rings. The van der Waals surface area contributed by atoms with E-state index in [2.05, 4.69) is 18.8 Å². The maximum Gasteiger partial charge on any atom is 0.119 e. The lowest BCUT2D eigenvalue weighted by Crippen LogP contribution is -1.97. The summed E-state index contributed by atoms with van der Waals surface area (Å²) in [5.41, 5.74) is 2.21. The van der Waals surface area contributed by atoms with Crippen LogP contribution in [0.25, 0.3) is 0 Å². The van der Waals surface area contributed by atoms with Crippen LogP contribution in [0.5, 0.6) is 11.5 Å². The smallest absolute Gasteiger partial charge is 0.119 e. The normalized spacial score (nSPS) is 12.3. The number of ether oxygens (including phenoxy) is 2. The average Bonchev–Trinajstić information content (AvgIpc) is 2.59. The molecule has 116 valence electrons. The van der Waals surface area contributed by atoms with Crippen LogP contribution in [0.2, 0.25) is 0 Å². The number of hydrogen-bond donors (Lipinski definition) is 0. The minimum absolute atomic E-state index is 0.367. The van der Waals surface area contributed by atoms with Crippen LogP contribution < -0.4 is 9.47 Å². The van der Waals surface area contributed by atoms with E-state index in [0.717, 1.165) is 29.0 Å². The fourth-order valence-corrected chi connectivity index (χ4v) is 1.86. The summed E-state index contributed by atoms with van der Waals surface area (Å²) in [6, 6.07) is 16.2. The Morgan fingerprint density at radius 1 is 1.00 bits per heavy atom. The van der Waals surface area contributed by atoms with Crippen molar-refractivity contribution in [3.8, 4) is 11.5 Å². The van der Waals surface area contributed by atoms with Crippen molar-refractivity contribution in [3.05, 3.63) is 59.7 Å². The summed E-state index contributed by atoms with van der Waals surface area (Å²) >= 11 is 0. The lowest BCUT2D eigenvalue weighted by Gasteiger charge is -2.07. The summed E-state index contributed by atoms with van der Waals surface area (Å²) < 4.78 is 10.9. The van der Waals surface area contributed by atoms with Gasteiger partial charge in [0.15, 0.2) is 0 Å². The van der Waals surface area contributed by atoms with Crippen molar-refractivity contribution in [2.24, 2.45) is 4.99 Å². The Hall–Kier alpha value is -2.29. The van der Waals surface area contributed by atoms with Crippen molar-refractivity contribution in [1.29, 1.82) is 0 Å². The molecule has 0 heterocycles. The summed E-state index contributed by atoms with van der Waals surface area (Å²) in [7, 11) is 1.66. The number of benzene rings is 2. The summed E-state index contributed by atoms with van der Waals surface area (Å²) in [4.78, 5) is 4.47. The summed E-state index contributed by atoms with van der Waals surface area (Å²) in [5.74, 6) is 1.71. The Balaban J connectivity index is 1.89. The SMILES string of the molecule is CCC(C)N=Cc1ccc(OCc2ccc(OC)cc2)cc1. The molecule has 0 amide bonds. The fraction of sp³-hybridized carbons (Fsp3) is 0.316. The zero-order valence-corrected chi connectivity index (χ0v) is 13.5. The van der Waals surface area contributed by atoms with Gasteiger partial charge in [-0.1, -0.05) is 19.1 Å². The number of rotatable bonds is 7. The van der Waals surface area contributed by atoms with Crippen LogP contribution in [0.3, 0.4) is 0 Å². The van der Waals surface area contributed by atoms with Crippen LogP contribution in [-0.4, -0.2) is 19.4 Å². The molecule has 1 atom stereocenters. The first kappa shape index (κ1) is 16.1. The zero-order chi connectivity index (χ0) is 15.8. The molecule has 0 aromatic heterocycles. The highest BCUT2D eigenvalue weighted by molar-refractivity contribution is 5.79. The predicted octanol–water partition coefficient (Wildman–Crippen LogP) is 4.49. The van der Waals surface area contributed by atoms with E-state index in [9.17, 15) is 0 Å². The van der Waals surface area contributed by atoms with Gasteiger partial charge in [0.05, 0.1) is 7.11 Å². The first-order valence-electron chi connectivity index (χ1n) is 7.60. The molecule has 0 bridgehead atoms. The topological polar surface area (TPSA) is 30.8 Å². The van der Waals surface area contributed by atoms with Crippen LogP contribution in [0.4, 0.5) is 0 Å². The third-order valence-electron chi connectivity index (χ3n) is 3.51. The summed E-state index contributed by atoms with van der Waals surface area (Å²) in [6.45, 7) is 4.80. The molecular formula is C19H23NO2. The molecule has 2 aromatic carbocycles. The first-order valence-corrected chi connectivity index (χ1v) is 7.60. The minimum Gasteiger partial charge on any atom is -0.497 e. The molecule has 0 saturated heterocycles. The standard InChI is InChI=1S/C19H23NO2/c1-4-15(2)20-13-16-5-11-19(12-6-16)22-14-17-7-9-18(21-3)10-8-17/h5-13,15H,4,14H2,1-3H3. The molecule has 0 aliphatic heterocycles. The molecule has 1 unspecified atom stereocenters. The lowest BCUT2D eigenvalue weighted by molar-refractivity contribution is 0.306. The van der Waals surface area contributed by atoms with Gasteiger partial charge in [0.2, 0.25) is 0 Å². The second kappa shape index (κ2) is 8.23. The Bertz CT molecular complexity index is 588. The molecule has 0 radical (unpaired) electrons. The van der Waals surface area contributed by atoms with Gasteiger partial charge >= 0.3 is 0 Å². The third kappa shape index (κ3) is 4.92. The second-order valence-corrected chi connectivity index (χ2v) is 5.24. The van der Waals surface area contributed by atoms with E-state index in [1.54, 1.807) is 7.11 Å². The Labute approximate surface area is 132 Å². The highest BCUT2D eigenvalue weighted by atomic mass is 16.5. The van der Waals surface area contributed by atoms with E-state index >= 15 is 0 Å². The van der Waals surface area contributed by atoms with Crippen molar-refractivity contribution in [2.75, 3.05) is 7.11 Å². The first-order chi connectivity index (χ1) is 10.7. The lowest BCUT2D eigenvalue weighted by atomic mass is 10.2. The molecule has 0 aliphatic rings. The van der Waals surface area contributed by atoms with Crippen molar-refractivity contribution in [1.82, 2.24) is 0 Å². The Morgan fingerprint density at radius 3 is 2.23 bits per heavy atom. The molecule has 22 heavy (non-hydrogen) atoms. The number of methoxy groups -OCH3 is 1. The van der Waals surface area contributed by atoms with Gasteiger partial charge in [-0.15, -0.1) is 0 Å². The van der Waals surface area contributed by atoms with Gasteiger partial charge in [0.1, 0.15) is 18.1 Å². The van der Waals surface area contributed by atoms with Crippen molar-refractivity contribution in [3.63, 3.8) is 0 Å². The van der Waals surface area contributed by atoms with Crippen LogP contribution in [0, 0.1) is 0 Å². The number of hydrogen-bond acceptors (Lipinski definition) is 3. The van der Waals surface area contributed by atoms with Crippen molar-refractivity contribution in [2.45, 2.75) is 32.9 Å². The molecule has 0 spiro atoms. The fourth-order valence-electron chi connectivity index (χ4n) is 1.86. The van der Waals surface area contributed by atoms with E-state index in [1.165, 1.54) is 0 Å². The molecular weight excluding hydrogens is 274 g/mol. The van der Waals surface area contributed by atoms with Crippen molar-refractivity contribution >= 4 is 6.21 Å². The quantitative estimate of drug-likeness (QED) is 0.705.